The third-order valence-corrected chi connectivity index (χ3v) is 6.28. The van der Waals surface area contributed by atoms with Crippen LogP contribution in [0.5, 0.6) is 0 Å². The molecule has 2 aromatic heterocycles. The Hall–Kier alpha value is -3.51. The Morgan fingerprint density at radius 3 is 2.44 bits per heavy atom. The van der Waals surface area contributed by atoms with Crippen LogP contribution in [0.15, 0.2) is 66.7 Å². The molecule has 34 heavy (non-hydrogen) atoms. The number of aromatic nitrogens is 3. The highest BCUT2D eigenvalue weighted by Gasteiger charge is 2.20. The normalized spacial score (nSPS) is 11.7. The summed E-state index contributed by atoms with van der Waals surface area (Å²) in [6.45, 7) is 6.77. The molecule has 0 atom stereocenters. The van der Waals surface area contributed by atoms with Gasteiger partial charge in [0.15, 0.2) is 11.4 Å². The molecule has 4 aromatic rings. The number of aliphatic hydroxyl groups is 1. The van der Waals surface area contributed by atoms with E-state index in [2.05, 4.69) is 34.3 Å². The summed E-state index contributed by atoms with van der Waals surface area (Å²) < 4.78 is 1.85. The van der Waals surface area contributed by atoms with Gasteiger partial charge in [0.1, 0.15) is 5.82 Å². The van der Waals surface area contributed by atoms with Crippen molar-refractivity contribution in [2.24, 2.45) is 0 Å². The molecule has 0 aliphatic rings. The molecule has 0 saturated carbocycles. The molecular weight excluding hydrogens is 424 g/mol. The van der Waals surface area contributed by atoms with Gasteiger partial charge in [-0.3, -0.25) is 4.79 Å². The lowest BCUT2D eigenvalue weighted by Gasteiger charge is -2.22. The van der Waals surface area contributed by atoms with Crippen molar-refractivity contribution < 1.29 is 9.90 Å². The van der Waals surface area contributed by atoms with E-state index in [0.717, 1.165) is 41.4 Å². The Balaban J connectivity index is 1.56. The van der Waals surface area contributed by atoms with Crippen LogP contribution in [-0.4, -0.2) is 45.7 Å². The summed E-state index contributed by atoms with van der Waals surface area (Å²) in [6, 6.07) is 21.8. The number of aryl methyl sites for hydroxylation is 1. The lowest BCUT2D eigenvalue weighted by atomic mass is 9.85. The predicted molar refractivity (Wildman–Crippen MR) is 136 cm³/mol. The summed E-state index contributed by atoms with van der Waals surface area (Å²) in [5.41, 5.74) is 4.93. The second-order valence-corrected chi connectivity index (χ2v) is 9.54. The largest absolute Gasteiger partial charge is 0.395 e. The average molecular weight is 457 g/mol. The monoisotopic (exact) mass is 456 g/mol. The quantitative estimate of drug-likeness (QED) is 0.378. The smallest absolute Gasteiger partial charge is 0.168 e. The Labute approximate surface area is 200 Å². The number of likely N-dealkylation sites (N-methyl/N-ethyl adjacent to an activating group) is 1. The molecule has 176 valence electrons. The van der Waals surface area contributed by atoms with Crippen LogP contribution in [0, 0.1) is 6.92 Å². The van der Waals surface area contributed by atoms with E-state index in [9.17, 15) is 9.90 Å². The van der Waals surface area contributed by atoms with Crippen molar-refractivity contribution in [1.82, 2.24) is 14.6 Å². The molecule has 2 heterocycles. The Kier molecular flexibility index (Phi) is 6.80. The van der Waals surface area contributed by atoms with E-state index in [1.807, 2.05) is 74.8 Å². The number of hydrogen-bond acceptors (Lipinski definition) is 5. The van der Waals surface area contributed by atoms with E-state index in [-0.39, 0.29) is 24.2 Å². The van der Waals surface area contributed by atoms with Gasteiger partial charge in [-0.25, -0.2) is 4.98 Å². The molecule has 0 bridgehead atoms. The molecule has 0 aliphatic heterocycles. The number of anilines is 1. The molecule has 0 amide bonds. The molecule has 0 aliphatic carbocycles. The summed E-state index contributed by atoms with van der Waals surface area (Å²) in [6.07, 6.45) is 1.12. The zero-order chi connectivity index (χ0) is 24.3. The summed E-state index contributed by atoms with van der Waals surface area (Å²) in [7, 11) is 2.04. The van der Waals surface area contributed by atoms with Crippen LogP contribution in [-0.2, 0) is 18.3 Å². The maximum Gasteiger partial charge on any atom is 0.168 e. The number of hydrogen-bond donors (Lipinski definition) is 1. The maximum absolute atomic E-state index is 13.1. The second kappa shape index (κ2) is 9.77. The number of carbonyl (C=O) groups excluding carboxylic acids is 1. The molecule has 1 N–H and O–H groups in total. The number of nitrogens with zero attached hydrogens (tertiary/aromatic N) is 4. The molecule has 0 radical (unpaired) electrons. The van der Waals surface area contributed by atoms with Gasteiger partial charge in [-0.05, 0) is 24.5 Å². The van der Waals surface area contributed by atoms with E-state index in [1.165, 1.54) is 5.56 Å². The summed E-state index contributed by atoms with van der Waals surface area (Å²) in [5, 5.41) is 14.2. The van der Waals surface area contributed by atoms with Gasteiger partial charge in [0.05, 0.1) is 24.4 Å². The van der Waals surface area contributed by atoms with Gasteiger partial charge in [-0.1, -0.05) is 68.4 Å². The van der Waals surface area contributed by atoms with Crippen LogP contribution in [0.25, 0.3) is 5.65 Å². The number of rotatable bonds is 9. The SMILES string of the molecule is Cc1cc2nc(CC(=O)c3ccc(C(C)(C)CO)cc3)cc(N(C)CCc3ccccc3)n2n1. The Bertz CT molecular complexity index is 1280. The molecule has 4 rings (SSSR count). The first-order chi connectivity index (χ1) is 16.3. The zero-order valence-corrected chi connectivity index (χ0v) is 20.3. The first kappa shape index (κ1) is 23.6. The third kappa shape index (κ3) is 5.18. The van der Waals surface area contributed by atoms with Gasteiger partial charge in [0.25, 0.3) is 0 Å². The molecule has 2 aromatic carbocycles. The molecular formula is C28H32N4O2. The van der Waals surface area contributed by atoms with Crippen molar-refractivity contribution in [2.75, 3.05) is 25.1 Å². The van der Waals surface area contributed by atoms with Crippen molar-refractivity contribution in [2.45, 2.75) is 39.0 Å². The number of ketones is 1. The van der Waals surface area contributed by atoms with Gasteiger partial charge in [0, 0.05) is 36.7 Å². The van der Waals surface area contributed by atoms with E-state index in [1.54, 1.807) is 0 Å². The summed E-state index contributed by atoms with van der Waals surface area (Å²) in [5.74, 6) is 0.927. The highest BCUT2D eigenvalue weighted by atomic mass is 16.3. The van der Waals surface area contributed by atoms with Gasteiger partial charge >= 0.3 is 0 Å². The van der Waals surface area contributed by atoms with E-state index >= 15 is 0 Å². The van der Waals surface area contributed by atoms with Gasteiger partial charge in [-0.2, -0.15) is 9.61 Å². The number of Topliss-reactive ketones (excluding diaryl/α,β-unsaturated/α-hetero) is 1. The lowest BCUT2D eigenvalue weighted by molar-refractivity contribution is 0.0992. The van der Waals surface area contributed by atoms with E-state index in [4.69, 9.17) is 4.98 Å². The van der Waals surface area contributed by atoms with E-state index in [0.29, 0.717) is 5.56 Å². The first-order valence-corrected chi connectivity index (χ1v) is 11.6. The minimum Gasteiger partial charge on any atom is -0.395 e. The number of aliphatic hydroxyl groups excluding tert-OH is 1. The number of carbonyl (C=O) groups is 1. The molecule has 0 saturated heterocycles. The zero-order valence-electron chi connectivity index (χ0n) is 20.3. The van der Waals surface area contributed by atoms with Gasteiger partial charge in [-0.15, -0.1) is 0 Å². The fraction of sp³-hybridized carbons (Fsp3) is 0.321. The van der Waals surface area contributed by atoms with Crippen LogP contribution >= 0.6 is 0 Å². The minimum atomic E-state index is -0.340. The molecule has 0 spiro atoms. The minimum absolute atomic E-state index is 0.0133. The fourth-order valence-electron chi connectivity index (χ4n) is 4.01. The average Bonchev–Trinajstić information content (AvgIpc) is 3.22. The highest BCUT2D eigenvalue weighted by molar-refractivity contribution is 5.97. The molecule has 6 heteroatoms. The van der Waals surface area contributed by atoms with Crippen LogP contribution in [0.4, 0.5) is 5.82 Å². The molecule has 0 fully saturated rings. The van der Waals surface area contributed by atoms with Crippen molar-refractivity contribution in [1.29, 1.82) is 0 Å². The van der Waals surface area contributed by atoms with Crippen LogP contribution in [0.3, 0.4) is 0 Å². The number of fused-ring (bicyclic) bond motifs is 1. The second-order valence-electron chi connectivity index (χ2n) is 9.54. The lowest BCUT2D eigenvalue weighted by Crippen LogP contribution is -2.24. The molecule has 6 nitrogen and oxygen atoms in total. The van der Waals surface area contributed by atoms with Crippen molar-refractivity contribution in [3.63, 3.8) is 0 Å². The Morgan fingerprint density at radius 2 is 1.76 bits per heavy atom. The van der Waals surface area contributed by atoms with Crippen LogP contribution in [0.2, 0.25) is 0 Å². The summed E-state index contributed by atoms with van der Waals surface area (Å²) >= 11 is 0. The Morgan fingerprint density at radius 1 is 1.06 bits per heavy atom. The topological polar surface area (TPSA) is 70.7 Å². The standard InChI is InChI=1S/C28H32N4O2/c1-20-16-26-29-24(17-25(34)22-10-12-23(13-11-22)28(2,3)19-33)18-27(32(26)30-20)31(4)15-14-21-8-6-5-7-9-21/h5-13,16,18,33H,14-15,17,19H2,1-4H3. The van der Waals surface area contributed by atoms with Gasteiger partial charge in [0.2, 0.25) is 0 Å². The highest BCUT2D eigenvalue weighted by Crippen LogP contribution is 2.24. The fourth-order valence-corrected chi connectivity index (χ4v) is 4.01. The van der Waals surface area contributed by atoms with Crippen molar-refractivity contribution in [3.8, 4) is 0 Å². The number of benzene rings is 2. The first-order valence-electron chi connectivity index (χ1n) is 11.6. The van der Waals surface area contributed by atoms with Crippen molar-refractivity contribution in [3.05, 3.63) is 94.8 Å². The van der Waals surface area contributed by atoms with E-state index < -0.39 is 0 Å². The predicted octanol–water partition coefficient (Wildman–Crippen LogP) is 4.41. The molecule has 0 unspecified atom stereocenters. The summed E-state index contributed by atoms with van der Waals surface area (Å²) in [4.78, 5) is 19.9. The third-order valence-electron chi connectivity index (χ3n) is 6.28. The van der Waals surface area contributed by atoms with Crippen LogP contribution in [0.1, 0.15) is 46.7 Å². The maximum atomic E-state index is 13.1. The van der Waals surface area contributed by atoms with Gasteiger partial charge < -0.3 is 10.0 Å². The van der Waals surface area contributed by atoms with Crippen molar-refractivity contribution >= 4 is 17.2 Å². The van der Waals surface area contributed by atoms with Crippen LogP contribution < -0.4 is 4.90 Å².